The number of rotatable bonds is 4. The fourth-order valence-electron chi connectivity index (χ4n) is 2.94. The summed E-state index contributed by atoms with van der Waals surface area (Å²) in [5.74, 6) is 0.431. The summed E-state index contributed by atoms with van der Waals surface area (Å²) in [4.78, 5) is 6.90. The number of aromatic nitrogens is 3. The average Bonchev–Trinajstić information content (AvgIpc) is 3.25. The second kappa shape index (κ2) is 5.81. The number of fused-ring (bicyclic) bond motifs is 1. The quantitative estimate of drug-likeness (QED) is 0.849. The summed E-state index contributed by atoms with van der Waals surface area (Å²) in [7, 11) is 0. The third-order valence-electron chi connectivity index (χ3n) is 4.17. The third kappa shape index (κ3) is 2.72. The van der Waals surface area contributed by atoms with Gasteiger partial charge in [0, 0.05) is 50.5 Å². The summed E-state index contributed by atoms with van der Waals surface area (Å²) in [6.45, 7) is 4.57. The van der Waals surface area contributed by atoms with Gasteiger partial charge in [0.05, 0.1) is 12.3 Å². The Kier molecular flexibility index (Phi) is 3.69. The summed E-state index contributed by atoms with van der Waals surface area (Å²) in [6.07, 6.45) is 5.27. The summed E-state index contributed by atoms with van der Waals surface area (Å²) in [5, 5.41) is 11.9. The number of aryl methyl sites for hydroxylation is 1. The molecular formula is C14H19N5OS. The van der Waals surface area contributed by atoms with Gasteiger partial charge in [0.1, 0.15) is 0 Å². The number of thioether (sulfide) groups is 1. The van der Waals surface area contributed by atoms with Crippen LogP contribution in [0.5, 0.6) is 0 Å². The van der Waals surface area contributed by atoms with Crippen LogP contribution in [-0.4, -0.2) is 51.4 Å². The van der Waals surface area contributed by atoms with E-state index in [9.17, 15) is 0 Å². The summed E-state index contributed by atoms with van der Waals surface area (Å²) in [5.41, 5.74) is 2.43. The minimum Gasteiger partial charge on any atom is -0.381 e. The van der Waals surface area contributed by atoms with E-state index in [2.05, 4.69) is 31.8 Å². The van der Waals surface area contributed by atoms with Crippen LogP contribution in [0, 0.1) is 0 Å². The summed E-state index contributed by atoms with van der Waals surface area (Å²) < 4.78 is 7.37. The summed E-state index contributed by atoms with van der Waals surface area (Å²) >= 11 is 1.75. The summed E-state index contributed by atoms with van der Waals surface area (Å²) in [6, 6.07) is 0. The van der Waals surface area contributed by atoms with E-state index in [1.165, 1.54) is 10.9 Å². The number of nitrogens with zero attached hydrogens (tertiary/aromatic N) is 5. The molecule has 0 aromatic carbocycles. The van der Waals surface area contributed by atoms with Crippen LogP contribution in [0.15, 0.2) is 22.3 Å². The van der Waals surface area contributed by atoms with Crippen LogP contribution < -0.4 is 0 Å². The van der Waals surface area contributed by atoms with E-state index in [-0.39, 0.29) is 0 Å². The zero-order valence-corrected chi connectivity index (χ0v) is 12.8. The van der Waals surface area contributed by atoms with Gasteiger partial charge in [-0.15, -0.1) is 5.10 Å². The van der Waals surface area contributed by atoms with Gasteiger partial charge in [-0.05, 0) is 18.2 Å². The van der Waals surface area contributed by atoms with Crippen molar-refractivity contribution in [3.05, 3.63) is 23.0 Å². The molecule has 1 fully saturated rings. The molecule has 21 heavy (non-hydrogen) atoms. The van der Waals surface area contributed by atoms with E-state index < -0.39 is 0 Å². The molecule has 0 unspecified atom stereocenters. The van der Waals surface area contributed by atoms with Crippen molar-refractivity contribution in [2.75, 3.05) is 26.3 Å². The number of aliphatic imine (C=N–C) groups is 1. The highest BCUT2D eigenvalue weighted by molar-refractivity contribution is 8.16. The van der Waals surface area contributed by atoms with E-state index in [0.717, 1.165) is 57.8 Å². The largest absolute Gasteiger partial charge is 0.381 e. The Morgan fingerprint density at radius 2 is 2.43 bits per heavy atom. The lowest BCUT2D eigenvalue weighted by Crippen LogP contribution is -2.30. The molecule has 1 aromatic rings. The van der Waals surface area contributed by atoms with Crippen LogP contribution in [0.3, 0.4) is 0 Å². The van der Waals surface area contributed by atoms with Crippen molar-refractivity contribution in [2.24, 2.45) is 4.99 Å². The second-order valence-corrected chi connectivity index (χ2v) is 6.45. The number of ether oxygens (including phenoxy) is 1. The molecule has 0 amide bonds. The Bertz CT molecular complexity index is 576. The topological polar surface area (TPSA) is 55.5 Å². The molecule has 1 saturated heterocycles. The molecule has 112 valence electrons. The molecule has 0 radical (unpaired) electrons. The van der Waals surface area contributed by atoms with E-state index in [1.807, 2.05) is 4.68 Å². The fourth-order valence-corrected chi connectivity index (χ4v) is 3.92. The monoisotopic (exact) mass is 305 g/mol. The molecule has 4 rings (SSSR count). The predicted molar refractivity (Wildman–Crippen MR) is 82.1 cm³/mol. The average molecular weight is 305 g/mol. The van der Waals surface area contributed by atoms with Crippen molar-refractivity contribution in [2.45, 2.75) is 31.7 Å². The van der Waals surface area contributed by atoms with E-state index in [1.54, 1.807) is 11.8 Å². The maximum atomic E-state index is 5.41. The van der Waals surface area contributed by atoms with E-state index in [0.29, 0.717) is 5.92 Å². The first-order valence-corrected chi connectivity index (χ1v) is 8.43. The lowest BCUT2D eigenvalue weighted by molar-refractivity contribution is 0.193. The van der Waals surface area contributed by atoms with Crippen LogP contribution >= 0.6 is 11.8 Å². The molecule has 1 atom stereocenters. The normalized spacial score (nSPS) is 25.0. The highest BCUT2D eigenvalue weighted by Gasteiger charge is 2.25. The molecule has 4 heterocycles. The standard InChI is InChI=1S/C14H19N5OS/c1-4-15-14-19(5-1)12(10-21-14)2-6-18-8-13(16-17-18)11-3-7-20-9-11/h8,10-11H,1-7,9H2/t11-/m1/s1. The number of hydrogen-bond acceptors (Lipinski definition) is 6. The molecule has 3 aliphatic heterocycles. The van der Waals surface area contributed by atoms with Crippen LogP contribution in [-0.2, 0) is 11.3 Å². The molecule has 1 aromatic heterocycles. The first-order valence-electron chi connectivity index (χ1n) is 7.55. The predicted octanol–water partition coefficient (Wildman–Crippen LogP) is 1.82. The van der Waals surface area contributed by atoms with Crippen molar-refractivity contribution < 1.29 is 4.74 Å². The molecular weight excluding hydrogens is 286 g/mol. The van der Waals surface area contributed by atoms with E-state index in [4.69, 9.17) is 4.74 Å². The van der Waals surface area contributed by atoms with Gasteiger partial charge >= 0.3 is 0 Å². The SMILES string of the molecule is C1=C(CCn2cc([C@@H]3CCOC3)nn2)N2CCCN=C2S1. The Morgan fingerprint density at radius 1 is 1.43 bits per heavy atom. The zero-order chi connectivity index (χ0) is 14.1. The number of allylic oxidation sites excluding steroid dienone is 1. The molecule has 0 aliphatic carbocycles. The Labute approximate surface area is 128 Å². The second-order valence-electron chi connectivity index (χ2n) is 5.61. The van der Waals surface area contributed by atoms with Crippen molar-refractivity contribution in [1.29, 1.82) is 0 Å². The van der Waals surface area contributed by atoms with Crippen LogP contribution in [0.2, 0.25) is 0 Å². The van der Waals surface area contributed by atoms with Crippen molar-refractivity contribution >= 4 is 16.9 Å². The van der Waals surface area contributed by atoms with Gasteiger partial charge in [-0.1, -0.05) is 17.0 Å². The van der Waals surface area contributed by atoms with Crippen molar-refractivity contribution in [3.8, 4) is 0 Å². The molecule has 6 nitrogen and oxygen atoms in total. The van der Waals surface area contributed by atoms with Gasteiger partial charge in [0.15, 0.2) is 5.17 Å². The Balaban J connectivity index is 1.36. The van der Waals surface area contributed by atoms with Gasteiger partial charge in [0.2, 0.25) is 0 Å². The van der Waals surface area contributed by atoms with Gasteiger partial charge < -0.3 is 9.64 Å². The molecule has 3 aliphatic rings. The first-order chi connectivity index (χ1) is 10.4. The van der Waals surface area contributed by atoms with Crippen LogP contribution in [0.4, 0.5) is 0 Å². The Morgan fingerprint density at radius 3 is 3.33 bits per heavy atom. The highest BCUT2D eigenvalue weighted by Crippen LogP contribution is 2.30. The Hall–Kier alpha value is -1.34. The molecule has 0 spiro atoms. The number of amidine groups is 1. The third-order valence-corrected chi connectivity index (χ3v) is 5.12. The first kappa shape index (κ1) is 13.3. The lowest BCUT2D eigenvalue weighted by atomic mass is 10.1. The highest BCUT2D eigenvalue weighted by atomic mass is 32.2. The van der Waals surface area contributed by atoms with Gasteiger partial charge in [-0.3, -0.25) is 9.67 Å². The molecule has 0 bridgehead atoms. The zero-order valence-electron chi connectivity index (χ0n) is 11.9. The number of hydrogen-bond donors (Lipinski definition) is 0. The molecule has 0 N–H and O–H groups in total. The molecule has 7 heteroatoms. The van der Waals surface area contributed by atoms with Gasteiger partial charge in [-0.2, -0.15) is 0 Å². The van der Waals surface area contributed by atoms with Crippen molar-refractivity contribution in [3.63, 3.8) is 0 Å². The minimum atomic E-state index is 0.431. The molecule has 0 saturated carbocycles. The van der Waals surface area contributed by atoms with Crippen LogP contribution in [0.25, 0.3) is 0 Å². The fraction of sp³-hybridized carbons (Fsp3) is 0.643. The van der Waals surface area contributed by atoms with Gasteiger partial charge in [-0.25, -0.2) is 0 Å². The maximum absolute atomic E-state index is 5.41. The smallest absolute Gasteiger partial charge is 0.167 e. The van der Waals surface area contributed by atoms with Gasteiger partial charge in [0.25, 0.3) is 0 Å². The minimum absolute atomic E-state index is 0.431. The van der Waals surface area contributed by atoms with E-state index >= 15 is 0 Å². The lowest BCUT2D eigenvalue weighted by Gasteiger charge is -2.25. The van der Waals surface area contributed by atoms with Crippen molar-refractivity contribution in [1.82, 2.24) is 19.9 Å². The maximum Gasteiger partial charge on any atom is 0.167 e. The van der Waals surface area contributed by atoms with Crippen LogP contribution in [0.1, 0.15) is 30.9 Å².